The Morgan fingerprint density at radius 1 is 1.38 bits per heavy atom. The Bertz CT molecular complexity index is 211. The van der Waals surface area contributed by atoms with Crippen LogP contribution in [0.1, 0.15) is 19.3 Å². The summed E-state index contributed by atoms with van der Waals surface area (Å²) in [4.78, 5) is 3.69. The van der Waals surface area contributed by atoms with Gasteiger partial charge in [0.25, 0.3) is 0 Å². The highest BCUT2D eigenvalue weighted by molar-refractivity contribution is 4.91. The average molecular weight is 194 g/mol. The van der Waals surface area contributed by atoms with Gasteiger partial charge in [-0.2, -0.15) is 15.2 Å². The fraction of sp³-hybridized carbons (Fsp3) is 0.857. The normalized spacial score (nSPS) is 25.5. The van der Waals surface area contributed by atoms with Crippen molar-refractivity contribution < 1.29 is 18.0 Å². The lowest BCUT2D eigenvalue weighted by atomic mass is 10.1. The van der Waals surface area contributed by atoms with Crippen LogP contribution in [0.15, 0.2) is 0 Å². The standard InChI is InChI=1S/C7H9F3N2O/c8-7(9,10)13-12-4-2-1-3-6(12)5-11/h6H,1-4H2. The second-order valence-electron chi connectivity index (χ2n) is 2.82. The Hall–Kier alpha value is -0.800. The first kappa shape index (κ1) is 10.3. The molecule has 0 aromatic heterocycles. The molecule has 1 heterocycles. The summed E-state index contributed by atoms with van der Waals surface area (Å²) in [7, 11) is 0. The van der Waals surface area contributed by atoms with E-state index >= 15 is 0 Å². The van der Waals surface area contributed by atoms with Crippen molar-refractivity contribution in [1.29, 1.82) is 5.26 Å². The quantitative estimate of drug-likeness (QED) is 0.638. The molecule has 0 spiro atoms. The Kier molecular flexibility index (Phi) is 3.12. The predicted octanol–water partition coefficient (Wildman–Crippen LogP) is 1.82. The van der Waals surface area contributed by atoms with Gasteiger partial charge in [0.05, 0.1) is 6.07 Å². The Labute approximate surface area is 73.6 Å². The van der Waals surface area contributed by atoms with Crippen LogP contribution in [0.5, 0.6) is 0 Å². The molecule has 0 aromatic rings. The molecule has 0 saturated carbocycles. The number of hydrogen-bond donors (Lipinski definition) is 0. The summed E-state index contributed by atoms with van der Waals surface area (Å²) in [5.41, 5.74) is 0. The molecule has 1 rings (SSSR count). The molecule has 6 heteroatoms. The third-order valence-electron chi connectivity index (χ3n) is 1.82. The van der Waals surface area contributed by atoms with E-state index in [4.69, 9.17) is 5.26 Å². The summed E-state index contributed by atoms with van der Waals surface area (Å²) in [6, 6.07) is 1.01. The predicted molar refractivity (Wildman–Crippen MR) is 37.1 cm³/mol. The van der Waals surface area contributed by atoms with Gasteiger partial charge in [0.2, 0.25) is 0 Å². The molecular formula is C7H9F3N2O. The second kappa shape index (κ2) is 3.94. The van der Waals surface area contributed by atoms with Crippen LogP contribution < -0.4 is 0 Å². The van der Waals surface area contributed by atoms with E-state index in [-0.39, 0.29) is 6.54 Å². The van der Waals surface area contributed by atoms with Gasteiger partial charge in [-0.25, -0.2) is 0 Å². The Morgan fingerprint density at radius 2 is 2.08 bits per heavy atom. The number of hydroxylamine groups is 2. The van der Waals surface area contributed by atoms with Gasteiger partial charge in [0, 0.05) is 6.54 Å². The summed E-state index contributed by atoms with van der Waals surface area (Å²) in [6.45, 7) is 0.164. The maximum absolute atomic E-state index is 11.8. The molecule has 3 nitrogen and oxygen atoms in total. The summed E-state index contributed by atoms with van der Waals surface area (Å²) in [5.74, 6) is 0. The van der Waals surface area contributed by atoms with E-state index in [0.717, 1.165) is 6.42 Å². The monoisotopic (exact) mass is 194 g/mol. The molecule has 1 atom stereocenters. The molecule has 0 aliphatic carbocycles. The van der Waals surface area contributed by atoms with Gasteiger partial charge in [0.15, 0.2) is 0 Å². The van der Waals surface area contributed by atoms with Crippen molar-refractivity contribution in [2.45, 2.75) is 31.7 Å². The highest BCUT2D eigenvalue weighted by atomic mass is 19.4. The fourth-order valence-electron chi connectivity index (χ4n) is 1.28. The second-order valence-corrected chi connectivity index (χ2v) is 2.82. The molecule has 13 heavy (non-hydrogen) atoms. The van der Waals surface area contributed by atoms with E-state index in [1.165, 1.54) is 0 Å². The molecule has 0 aromatic carbocycles. The molecule has 1 aliphatic rings. The van der Waals surface area contributed by atoms with Gasteiger partial charge < -0.3 is 0 Å². The maximum Gasteiger partial charge on any atom is 0.539 e. The summed E-state index contributed by atoms with van der Waals surface area (Å²) < 4.78 is 35.3. The summed E-state index contributed by atoms with van der Waals surface area (Å²) in [5, 5.41) is 9.23. The molecule has 0 radical (unpaired) electrons. The zero-order valence-corrected chi connectivity index (χ0v) is 6.84. The van der Waals surface area contributed by atoms with Gasteiger partial charge in [-0.3, -0.25) is 0 Å². The van der Waals surface area contributed by atoms with Crippen molar-refractivity contribution in [2.24, 2.45) is 0 Å². The number of nitrogens with zero attached hydrogens (tertiary/aromatic N) is 2. The van der Waals surface area contributed by atoms with Crippen LogP contribution in [0, 0.1) is 11.3 Å². The molecule has 0 bridgehead atoms. The molecule has 1 saturated heterocycles. The van der Waals surface area contributed by atoms with Crippen molar-refractivity contribution in [3.8, 4) is 6.07 Å². The van der Waals surface area contributed by atoms with E-state index in [9.17, 15) is 13.2 Å². The van der Waals surface area contributed by atoms with E-state index in [0.29, 0.717) is 17.9 Å². The van der Waals surface area contributed by atoms with Crippen molar-refractivity contribution in [3.05, 3.63) is 0 Å². The highest BCUT2D eigenvalue weighted by Crippen LogP contribution is 2.24. The van der Waals surface area contributed by atoms with Gasteiger partial charge in [-0.05, 0) is 19.3 Å². The first-order valence-electron chi connectivity index (χ1n) is 3.95. The third kappa shape index (κ3) is 3.20. The van der Waals surface area contributed by atoms with Crippen molar-refractivity contribution in [3.63, 3.8) is 0 Å². The zero-order chi connectivity index (χ0) is 9.90. The van der Waals surface area contributed by atoms with Crippen LogP contribution in [0.25, 0.3) is 0 Å². The van der Waals surface area contributed by atoms with Crippen LogP contribution in [0.3, 0.4) is 0 Å². The molecular weight excluding hydrogens is 185 g/mol. The lowest BCUT2D eigenvalue weighted by Gasteiger charge is -2.30. The first-order chi connectivity index (χ1) is 6.03. The smallest absolute Gasteiger partial charge is 0.199 e. The summed E-state index contributed by atoms with van der Waals surface area (Å²) in [6.07, 6.45) is -2.84. The number of halogens is 3. The molecule has 74 valence electrons. The topological polar surface area (TPSA) is 36.3 Å². The fourth-order valence-corrected chi connectivity index (χ4v) is 1.28. The van der Waals surface area contributed by atoms with Crippen molar-refractivity contribution >= 4 is 0 Å². The molecule has 1 aliphatic heterocycles. The number of hydrogen-bond acceptors (Lipinski definition) is 3. The largest absolute Gasteiger partial charge is 0.539 e. The van der Waals surface area contributed by atoms with Crippen LogP contribution >= 0.6 is 0 Å². The molecule has 0 N–H and O–H groups in total. The Balaban J connectivity index is 2.51. The maximum atomic E-state index is 11.8. The van der Waals surface area contributed by atoms with Gasteiger partial charge >= 0.3 is 6.36 Å². The van der Waals surface area contributed by atoms with Gasteiger partial charge in [-0.1, -0.05) is 0 Å². The zero-order valence-electron chi connectivity index (χ0n) is 6.84. The third-order valence-corrected chi connectivity index (χ3v) is 1.82. The van der Waals surface area contributed by atoms with Crippen molar-refractivity contribution in [1.82, 2.24) is 5.06 Å². The van der Waals surface area contributed by atoms with Gasteiger partial charge in [0.1, 0.15) is 6.04 Å². The van der Waals surface area contributed by atoms with Crippen LogP contribution in [-0.2, 0) is 4.84 Å². The minimum Gasteiger partial charge on any atom is -0.199 e. The van der Waals surface area contributed by atoms with E-state index in [1.807, 2.05) is 0 Å². The van der Waals surface area contributed by atoms with E-state index in [1.54, 1.807) is 6.07 Å². The number of piperidine rings is 1. The van der Waals surface area contributed by atoms with E-state index in [2.05, 4.69) is 4.84 Å². The first-order valence-corrected chi connectivity index (χ1v) is 3.95. The Morgan fingerprint density at radius 3 is 2.62 bits per heavy atom. The highest BCUT2D eigenvalue weighted by Gasteiger charge is 2.37. The average Bonchev–Trinajstić information content (AvgIpc) is 2.02. The van der Waals surface area contributed by atoms with Crippen LogP contribution in [0.2, 0.25) is 0 Å². The number of rotatable bonds is 1. The SMILES string of the molecule is N#CC1CCCCN1OC(F)(F)F. The molecule has 1 unspecified atom stereocenters. The van der Waals surface area contributed by atoms with Crippen LogP contribution in [0.4, 0.5) is 13.2 Å². The lowest BCUT2D eigenvalue weighted by molar-refractivity contribution is -0.421. The minimum atomic E-state index is -4.69. The van der Waals surface area contributed by atoms with Crippen LogP contribution in [-0.4, -0.2) is 24.0 Å². The number of alkyl halides is 3. The summed E-state index contributed by atoms with van der Waals surface area (Å²) >= 11 is 0. The van der Waals surface area contributed by atoms with Crippen molar-refractivity contribution in [2.75, 3.05) is 6.54 Å². The number of nitriles is 1. The molecule has 1 fully saturated rings. The van der Waals surface area contributed by atoms with E-state index < -0.39 is 12.4 Å². The molecule has 0 amide bonds. The lowest BCUT2D eigenvalue weighted by Crippen LogP contribution is -2.42. The minimum absolute atomic E-state index is 0.164. The van der Waals surface area contributed by atoms with Gasteiger partial charge in [-0.15, -0.1) is 13.2 Å².